The predicted molar refractivity (Wildman–Crippen MR) is 162 cm³/mol. The Hall–Kier alpha value is -4.95. The Morgan fingerprint density at radius 2 is 1.61 bits per heavy atom. The summed E-state index contributed by atoms with van der Waals surface area (Å²) in [5, 5.41) is 6.19. The summed E-state index contributed by atoms with van der Waals surface area (Å²) in [6.07, 6.45) is 0. The molecule has 1 heterocycles. The molecule has 4 aromatic rings. The van der Waals surface area contributed by atoms with E-state index in [0.29, 0.717) is 46.9 Å². The molecule has 0 aromatic heterocycles. The maximum atomic E-state index is 13.9. The second-order valence-electron chi connectivity index (χ2n) is 9.89. The third kappa shape index (κ3) is 5.97. The van der Waals surface area contributed by atoms with Gasteiger partial charge in [0.15, 0.2) is 0 Å². The summed E-state index contributed by atoms with van der Waals surface area (Å²) in [5.74, 6) is -0.384. The number of carbonyl (C=O) groups is 2. The van der Waals surface area contributed by atoms with Gasteiger partial charge >= 0.3 is 0 Å². The molecule has 4 aromatic carbocycles. The van der Waals surface area contributed by atoms with E-state index in [1.807, 2.05) is 85.7 Å². The van der Waals surface area contributed by atoms with Crippen LogP contribution < -0.4 is 20.3 Å². The average molecular weight is 551 g/mol. The Bertz CT molecular complexity index is 1600. The quantitative estimate of drug-likeness (QED) is 0.251. The maximum absolute atomic E-state index is 13.9. The largest absolute Gasteiger partial charge is 0.496 e. The molecule has 2 amide bonds. The van der Waals surface area contributed by atoms with Crippen LogP contribution in [-0.4, -0.2) is 51.0 Å². The van der Waals surface area contributed by atoms with Gasteiger partial charge in [0, 0.05) is 30.0 Å². The molecule has 208 valence electrons. The number of nitrogens with zero attached hydrogens (tertiary/aromatic N) is 2. The van der Waals surface area contributed by atoms with Crippen LogP contribution in [0.1, 0.15) is 21.5 Å². The van der Waals surface area contributed by atoms with Crippen molar-refractivity contribution in [1.82, 2.24) is 4.90 Å². The predicted octanol–water partition coefficient (Wildman–Crippen LogP) is 5.98. The van der Waals surface area contributed by atoms with E-state index in [1.54, 1.807) is 30.2 Å². The molecule has 5 rings (SSSR count). The number of anilines is 3. The van der Waals surface area contributed by atoms with Gasteiger partial charge in [0.1, 0.15) is 11.6 Å². The first-order chi connectivity index (χ1) is 19.9. The number of carbonyl (C=O) groups excluding carboxylic acids is 2. The topological polar surface area (TPSA) is 73.9 Å². The summed E-state index contributed by atoms with van der Waals surface area (Å²) < 4.78 is 19.3. The van der Waals surface area contributed by atoms with E-state index in [9.17, 15) is 14.0 Å². The number of nitrogens with one attached hydrogen (secondary N) is 2. The molecule has 1 aliphatic rings. The fourth-order valence-corrected chi connectivity index (χ4v) is 4.76. The van der Waals surface area contributed by atoms with E-state index in [0.717, 1.165) is 16.9 Å². The molecule has 0 radical (unpaired) electrons. The summed E-state index contributed by atoms with van der Waals surface area (Å²) in [4.78, 5) is 30.5. The normalized spacial score (nSPS) is 13.4. The van der Waals surface area contributed by atoms with Gasteiger partial charge in [-0.25, -0.2) is 4.39 Å². The van der Waals surface area contributed by atoms with Gasteiger partial charge in [-0.2, -0.15) is 0 Å². The number of fused-ring (bicyclic) bond motifs is 1. The Labute approximate surface area is 238 Å². The summed E-state index contributed by atoms with van der Waals surface area (Å²) in [5.41, 5.74) is 4.80. The van der Waals surface area contributed by atoms with Gasteiger partial charge in [0.25, 0.3) is 11.8 Å². The number of amides is 2. The monoisotopic (exact) mass is 550 g/mol. The minimum absolute atomic E-state index is 0.163. The molecule has 0 atom stereocenters. The number of hydrogen-bond acceptors (Lipinski definition) is 5. The van der Waals surface area contributed by atoms with E-state index in [4.69, 9.17) is 4.74 Å². The van der Waals surface area contributed by atoms with Gasteiger partial charge in [0.2, 0.25) is 0 Å². The molecule has 0 unspecified atom stereocenters. The van der Waals surface area contributed by atoms with Crippen molar-refractivity contribution in [3.63, 3.8) is 0 Å². The summed E-state index contributed by atoms with van der Waals surface area (Å²) >= 11 is 0. The fraction of sp³-hybridized carbons (Fsp3) is 0.152. The average Bonchev–Trinajstić information content (AvgIpc) is 3.31. The van der Waals surface area contributed by atoms with Gasteiger partial charge in [-0.05, 0) is 74.3 Å². The van der Waals surface area contributed by atoms with E-state index in [1.165, 1.54) is 12.1 Å². The molecule has 7 nitrogen and oxygen atoms in total. The smallest absolute Gasteiger partial charge is 0.262 e. The van der Waals surface area contributed by atoms with E-state index >= 15 is 0 Å². The second kappa shape index (κ2) is 12.1. The lowest BCUT2D eigenvalue weighted by Gasteiger charge is -2.26. The van der Waals surface area contributed by atoms with Crippen LogP contribution >= 0.6 is 0 Å². The number of rotatable bonds is 9. The molecule has 8 heteroatoms. The highest BCUT2D eigenvalue weighted by molar-refractivity contribution is 6.37. The standard InChI is InChI=1S/C33H31FN4O3/c1-37(2)19-20-38(33(40)27-11-7-8-12-29(27)41-3)25-16-14-24(15-17-25)35-31(22-9-5-4-6-10-22)30-26-18-13-23(34)21-28(26)36-32(30)39/h4-18,21,35H,19-20H2,1-3H3,(H,36,39). The van der Waals surface area contributed by atoms with Gasteiger partial charge in [-0.15, -0.1) is 0 Å². The van der Waals surface area contributed by atoms with Gasteiger partial charge < -0.3 is 25.2 Å². The number of ether oxygens (including phenoxy) is 1. The fourth-order valence-electron chi connectivity index (χ4n) is 4.76. The number of likely N-dealkylation sites (N-methyl/N-ethyl adjacent to an activating group) is 1. The van der Waals surface area contributed by atoms with Crippen LogP contribution in [0.3, 0.4) is 0 Å². The lowest BCUT2D eigenvalue weighted by atomic mass is 10.00. The Kier molecular flexibility index (Phi) is 8.12. The third-order valence-corrected chi connectivity index (χ3v) is 6.84. The van der Waals surface area contributed by atoms with Gasteiger partial charge in [0.05, 0.1) is 29.6 Å². The lowest BCUT2D eigenvalue weighted by Crippen LogP contribution is -2.37. The van der Waals surface area contributed by atoms with Crippen molar-refractivity contribution in [2.45, 2.75) is 0 Å². The van der Waals surface area contributed by atoms with Crippen LogP contribution in [0.4, 0.5) is 21.5 Å². The molecule has 0 spiro atoms. The van der Waals surface area contributed by atoms with Crippen LogP contribution in [0.25, 0.3) is 11.3 Å². The SMILES string of the molecule is COc1ccccc1C(=O)N(CCN(C)C)c1ccc(NC(=C2C(=O)Nc3cc(F)ccc32)c2ccccc2)cc1. The highest BCUT2D eigenvalue weighted by Gasteiger charge is 2.29. The molecule has 0 aliphatic carbocycles. The number of para-hydroxylation sites is 1. The molecule has 0 fully saturated rings. The molecule has 2 N–H and O–H groups in total. The van der Waals surface area contributed by atoms with Crippen molar-refractivity contribution in [3.05, 3.63) is 120 Å². The van der Waals surface area contributed by atoms with Crippen molar-refractivity contribution >= 4 is 40.1 Å². The van der Waals surface area contributed by atoms with Crippen LogP contribution in [0.2, 0.25) is 0 Å². The van der Waals surface area contributed by atoms with Gasteiger partial charge in [-0.1, -0.05) is 42.5 Å². The third-order valence-electron chi connectivity index (χ3n) is 6.84. The first kappa shape index (κ1) is 27.6. The molecule has 1 aliphatic heterocycles. The van der Waals surface area contributed by atoms with Crippen LogP contribution in [0.5, 0.6) is 5.75 Å². The van der Waals surface area contributed by atoms with Crippen molar-refractivity contribution in [2.24, 2.45) is 0 Å². The van der Waals surface area contributed by atoms with E-state index in [-0.39, 0.29) is 11.8 Å². The highest BCUT2D eigenvalue weighted by Crippen LogP contribution is 2.38. The summed E-state index contributed by atoms with van der Waals surface area (Å²) in [6.45, 7) is 1.14. The Morgan fingerprint density at radius 1 is 0.902 bits per heavy atom. The van der Waals surface area contributed by atoms with Crippen LogP contribution in [0.15, 0.2) is 97.1 Å². The minimum atomic E-state index is -0.420. The highest BCUT2D eigenvalue weighted by atomic mass is 19.1. The van der Waals surface area contributed by atoms with Crippen molar-refractivity contribution in [3.8, 4) is 5.75 Å². The number of benzene rings is 4. The minimum Gasteiger partial charge on any atom is -0.496 e. The zero-order valence-corrected chi connectivity index (χ0v) is 23.1. The zero-order valence-electron chi connectivity index (χ0n) is 23.1. The molecular weight excluding hydrogens is 519 g/mol. The first-order valence-corrected chi connectivity index (χ1v) is 13.2. The van der Waals surface area contributed by atoms with Crippen molar-refractivity contribution in [1.29, 1.82) is 0 Å². The maximum Gasteiger partial charge on any atom is 0.262 e. The lowest BCUT2D eigenvalue weighted by molar-refractivity contribution is -0.110. The Balaban J connectivity index is 1.50. The first-order valence-electron chi connectivity index (χ1n) is 13.2. The van der Waals surface area contributed by atoms with Crippen molar-refractivity contribution < 1.29 is 18.7 Å². The Morgan fingerprint density at radius 3 is 2.32 bits per heavy atom. The summed E-state index contributed by atoms with van der Waals surface area (Å²) in [7, 11) is 5.47. The number of hydrogen-bond donors (Lipinski definition) is 2. The van der Waals surface area contributed by atoms with Crippen LogP contribution in [0, 0.1) is 5.82 Å². The zero-order chi connectivity index (χ0) is 28.9. The molecule has 0 saturated heterocycles. The molecule has 0 saturated carbocycles. The molecule has 0 bridgehead atoms. The molecular formula is C33H31FN4O3. The van der Waals surface area contributed by atoms with Gasteiger partial charge in [-0.3, -0.25) is 9.59 Å². The molecule has 41 heavy (non-hydrogen) atoms. The van der Waals surface area contributed by atoms with E-state index in [2.05, 4.69) is 10.6 Å². The van der Waals surface area contributed by atoms with E-state index < -0.39 is 5.82 Å². The summed E-state index contributed by atoms with van der Waals surface area (Å²) in [6, 6.07) is 28.4. The number of halogens is 1. The van der Waals surface area contributed by atoms with Crippen LogP contribution in [-0.2, 0) is 4.79 Å². The second-order valence-corrected chi connectivity index (χ2v) is 9.89. The number of methoxy groups -OCH3 is 1. The van der Waals surface area contributed by atoms with Crippen molar-refractivity contribution in [2.75, 3.05) is 49.8 Å².